The summed E-state index contributed by atoms with van der Waals surface area (Å²) in [4.78, 5) is 10.2. The van der Waals surface area contributed by atoms with Crippen LogP contribution in [0.4, 0.5) is 0 Å². The Balaban J connectivity index is 2.21. The summed E-state index contributed by atoms with van der Waals surface area (Å²) >= 11 is 0. The molecule has 3 heteroatoms. The van der Waals surface area contributed by atoms with Gasteiger partial charge in [0.05, 0.1) is 0 Å². The van der Waals surface area contributed by atoms with E-state index in [0.717, 1.165) is 5.92 Å². The Morgan fingerprint density at radius 3 is 2.69 bits per heavy atom. The maximum atomic E-state index is 10.2. The van der Waals surface area contributed by atoms with Crippen LogP contribution in [0.25, 0.3) is 0 Å². The first-order valence-corrected chi connectivity index (χ1v) is 4.67. The molecule has 2 N–H and O–H groups in total. The largest absolute Gasteiger partial charge is 0.478 e. The van der Waals surface area contributed by atoms with Crippen LogP contribution in [-0.4, -0.2) is 23.2 Å². The molecule has 13 heavy (non-hydrogen) atoms. The lowest BCUT2D eigenvalue weighted by Crippen LogP contribution is -2.41. The minimum atomic E-state index is -0.883. The van der Waals surface area contributed by atoms with Crippen molar-refractivity contribution in [2.45, 2.75) is 32.2 Å². The average Bonchev–Trinajstić information content (AvgIpc) is 2.79. The lowest BCUT2D eigenvalue weighted by Gasteiger charge is -2.25. The number of rotatable bonds is 5. The molecule has 0 heterocycles. The molecule has 0 spiro atoms. The van der Waals surface area contributed by atoms with Crippen LogP contribution >= 0.6 is 0 Å². The van der Waals surface area contributed by atoms with Crippen molar-refractivity contribution >= 4 is 5.97 Å². The number of carboxylic acids is 1. The van der Waals surface area contributed by atoms with E-state index >= 15 is 0 Å². The molecular formula is C10H17NO2. The molecule has 0 radical (unpaired) electrons. The lowest BCUT2D eigenvalue weighted by molar-refractivity contribution is -0.131. The predicted molar refractivity (Wildman–Crippen MR) is 51.6 cm³/mol. The number of hydrogen-bond donors (Lipinski definition) is 2. The Bertz CT molecular complexity index is 217. The molecule has 74 valence electrons. The van der Waals surface area contributed by atoms with Crippen molar-refractivity contribution in [3.8, 4) is 0 Å². The van der Waals surface area contributed by atoms with E-state index < -0.39 is 5.97 Å². The molecule has 0 amide bonds. The van der Waals surface area contributed by atoms with Gasteiger partial charge in [0.2, 0.25) is 0 Å². The average molecular weight is 183 g/mol. The molecule has 1 aliphatic rings. The lowest BCUT2D eigenvalue weighted by atomic mass is 9.99. The van der Waals surface area contributed by atoms with Gasteiger partial charge in [-0.2, -0.15) is 0 Å². The fourth-order valence-electron chi connectivity index (χ4n) is 1.43. The molecule has 0 aromatic rings. The summed E-state index contributed by atoms with van der Waals surface area (Å²) in [5.41, 5.74) is 0.156. The van der Waals surface area contributed by atoms with Gasteiger partial charge in [-0.05, 0) is 32.6 Å². The smallest absolute Gasteiger partial charge is 0.328 e. The highest BCUT2D eigenvalue weighted by molar-refractivity contribution is 5.79. The molecule has 1 rings (SSSR count). The van der Waals surface area contributed by atoms with Crippen molar-refractivity contribution < 1.29 is 9.90 Å². The van der Waals surface area contributed by atoms with Crippen LogP contribution in [0.15, 0.2) is 12.2 Å². The van der Waals surface area contributed by atoms with Gasteiger partial charge in [-0.1, -0.05) is 6.08 Å². The first kappa shape index (κ1) is 10.3. The quantitative estimate of drug-likeness (QED) is 0.633. The Hall–Kier alpha value is -0.830. The minimum absolute atomic E-state index is 0.156. The molecule has 0 bridgehead atoms. The first-order valence-electron chi connectivity index (χ1n) is 4.67. The van der Waals surface area contributed by atoms with Gasteiger partial charge in [0.1, 0.15) is 0 Å². The SMILES string of the molecule is CC(C)(NC/C=C/C(=O)O)C1CC1. The van der Waals surface area contributed by atoms with Crippen molar-refractivity contribution in [1.29, 1.82) is 0 Å². The van der Waals surface area contributed by atoms with E-state index in [-0.39, 0.29) is 5.54 Å². The number of aliphatic carboxylic acids is 1. The van der Waals surface area contributed by atoms with Crippen molar-refractivity contribution in [2.75, 3.05) is 6.54 Å². The van der Waals surface area contributed by atoms with Gasteiger partial charge in [0, 0.05) is 18.2 Å². The summed E-state index contributed by atoms with van der Waals surface area (Å²) in [5.74, 6) is -0.114. The van der Waals surface area contributed by atoms with Crippen molar-refractivity contribution in [2.24, 2.45) is 5.92 Å². The summed E-state index contributed by atoms with van der Waals surface area (Å²) in [6, 6.07) is 0. The van der Waals surface area contributed by atoms with Gasteiger partial charge in [0.25, 0.3) is 0 Å². The summed E-state index contributed by atoms with van der Waals surface area (Å²) in [7, 11) is 0. The topological polar surface area (TPSA) is 49.3 Å². The van der Waals surface area contributed by atoms with E-state index in [1.54, 1.807) is 6.08 Å². The van der Waals surface area contributed by atoms with E-state index in [0.29, 0.717) is 6.54 Å². The van der Waals surface area contributed by atoms with Gasteiger partial charge in [-0.15, -0.1) is 0 Å². The third-order valence-electron chi connectivity index (χ3n) is 2.53. The maximum absolute atomic E-state index is 10.2. The summed E-state index contributed by atoms with van der Waals surface area (Å²) in [6.45, 7) is 4.97. The van der Waals surface area contributed by atoms with E-state index in [1.165, 1.54) is 18.9 Å². The Morgan fingerprint density at radius 1 is 1.62 bits per heavy atom. The zero-order valence-electron chi connectivity index (χ0n) is 8.21. The minimum Gasteiger partial charge on any atom is -0.478 e. The molecule has 3 nitrogen and oxygen atoms in total. The van der Waals surface area contributed by atoms with E-state index in [4.69, 9.17) is 5.11 Å². The second kappa shape index (κ2) is 3.92. The standard InChI is InChI=1S/C10H17NO2/c1-10(2,8-5-6-8)11-7-3-4-9(12)13/h3-4,8,11H,5-7H2,1-2H3,(H,12,13)/b4-3+. The number of carboxylic acid groups (broad SMARTS) is 1. The Labute approximate surface area is 78.8 Å². The zero-order valence-corrected chi connectivity index (χ0v) is 8.21. The molecule has 0 unspecified atom stereocenters. The third-order valence-corrected chi connectivity index (χ3v) is 2.53. The van der Waals surface area contributed by atoms with E-state index in [2.05, 4.69) is 19.2 Å². The van der Waals surface area contributed by atoms with E-state index in [9.17, 15) is 4.79 Å². The highest BCUT2D eigenvalue weighted by Crippen LogP contribution is 2.38. The molecule has 1 saturated carbocycles. The third kappa shape index (κ3) is 3.59. The van der Waals surface area contributed by atoms with Gasteiger partial charge in [-0.25, -0.2) is 4.79 Å². The maximum Gasteiger partial charge on any atom is 0.328 e. The van der Waals surface area contributed by atoms with Gasteiger partial charge >= 0.3 is 5.97 Å². The van der Waals surface area contributed by atoms with Gasteiger partial charge < -0.3 is 10.4 Å². The summed E-state index contributed by atoms with van der Waals surface area (Å²) < 4.78 is 0. The highest BCUT2D eigenvalue weighted by atomic mass is 16.4. The number of carbonyl (C=O) groups is 1. The second-order valence-electron chi connectivity index (χ2n) is 4.12. The van der Waals surface area contributed by atoms with Crippen molar-refractivity contribution in [3.05, 3.63) is 12.2 Å². The van der Waals surface area contributed by atoms with Crippen LogP contribution in [0.3, 0.4) is 0 Å². The van der Waals surface area contributed by atoms with Crippen LogP contribution in [0, 0.1) is 5.92 Å². The number of hydrogen-bond acceptors (Lipinski definition) is 2. The number of nitrogens with one attached hydrogen (secondary N) is 1. The molecule has 0 aromatic carbocycles. The van der Waals surface area contributed by atoms with Crippen molar-refractivity contribution in [3.63, 3.8) is 0 Å². The van der Waals surface area contributed by atoms with Crippen LogP contribution in [0.1, 0.15) is 26.7 Å². The monoisotopic (exact) mass is 183 g/mol. The second-order valence-corrected chi connectivity index (χ2v) is 4.12. The normalized spacial score (nSPS) is 18.0. The Morgan fingerprint density at radius 2 is 2.23 bits per heavy atom. The van der Waals surface area contributed by atoms with Crippen LogP contribution in [0.2, 0.25) is 0 Å². The fraction of sp³-hybridized carbons (Fsp3) is 0.700. The molecule has 0 atom stereocenters. The summed E-state index contributed by atoms with van der Waals surface area (Å²) in [6.07, 6.45) is 5.41. The van der Waals surface area contributed by atoms with Crippen molar-refractivity contribution in [1.82, 2.24) is 5.32 Å². The predicted octanol–water partition coefficient (Wildman–Crippen LogP) is 1.41. The molecule has 0 saturated heterocycles. The van der Waals surface area contributed by atoms with E-state index in [1.807, 2.05) is 0 Å². The molecule has 1 fully saturated rings. The molecule has 0 aliphatic heterocycles. The van der Waals surface area contributed by atoms with Gasteiger partial charge in [-0.3, -0.25) is 0 Å². The fourth-order valence-corrected chi connectivity index (χ4v) is 1.43. The Kier molecular flexibility index (Phi) is 3.09. The summed E-state index contributed by atoms with van der Waals surface area (Å²) in [5, 5.41) is 11.7. The molecule has 0 aromatic heterocycles. The van der Waals surface area contributed by atoms with Crippen LogP contribution in [-0.2, 0) is 4.79 Å². The van der Waals surface area contributed by atoms with Crippen LogP contribution in [0.5, 0.6) is 0 Å². The zero-order chi connectivity index (χ0) is 9.90. The molecule has 1 aliphatic carbocycles. The molecular weight excluding hydrogens is 166 g/mol. The highest BCUT2D eigenvalue weighted by Gasteiger charge is 2.36. The first-order chi connectivity index (χ1) is 6.02. The van der Waals surface area contributed by atoms with Crippen LogP contribution < -0.4 is 5.32 Å². The van der Waals surface area contributed by atoms with Gasteiger partial charge in [0.15, 0.2) is 0 Å².